The Morgan fingerprint density at radius 1 is 0.971 bits per heavy atom. The Hall–Kier alpha value is -3.79. The number of amides is 1. The topological polar surface area (TPSA) is 94.2 Å². The molecule has 10 heteroatoms. The number of nitrogens with one attached hydrogen (secondary N) is 1. The molecule has 0 bridgehead atoms. The molecule has 1 aliphatic rings. The van der Waals surface area contributed by atoms with Crippen LogP contribution in [0.5, 0.6) is 17.2 Å². The van der Waals surface area contributed by atoms with E-state index in [1.54, 1.807) is 54.6 Å². The summed E-state index contributed by atoms with van der Waals surface area (Å²) in [4.78, 5) is 12.6. The fourth-order valence-corrected chi connectivity index (χ4v) is 4.27. The molecule has 0 radical (unpaired) electrons. The van der Waals surface area contributed by atoms with Gasteiger partial charge in [0.05, 0.1) is 11.9 Å². The van der Waals surface area contributed by atoms with E-state index in [4.69, 9.17) is 14.2 Å². The van der Waals surface area contributed by atoms with Crippen molar-refractivity contribution in [2.45, 2.75) is 13.2 Å². The van der Waals surface area contributed by atoms with Crippen molar-refractivity contribution in [2.24, 2.45) is 0 Å². The highest BCUT2D eigenvalue weighted by atomic mass is 32.2. The van der Waals surface area contributed by atoms with E-state index in [0.29, 0.717) is 42.8 Å². The van der Waals surface area contributed by atoms with Crippen molar-refractivity contribution >= 4 is 21.6 Å². The molecule has 4 rings (SSSR count). The number of ether oxygens (including phenoxy) is 3. The SMILES string of the molecule is CS(=O)(=O)N(CC(=O)NCc1ccc(OCc2ccc(F)cc2)cc1)c1ccc2c(c1)OCCO2. The predicted octanol–water partition coefficient (Wildman–Crippen LogP) is 3.26. The van der Waals surface area contributed by atoms with Crippen LogP contribution >= 0.6 is 0 Å². The van der Waals surface area contributed by atoms with Crippen LogP contribution in [0.2, 0.25) is 0 Å². The highest BCUT2D eigenvalue weighted by molar-refractivity contribution is 7.92. The first-order valence-electron chi connectivity index (χ1n) is 10.9. The second kappa shape index (κ2) is 10.6. The van der Waals surface area contributed by atoms with E-state index in [9.17, 15) is 17.6 Å². The largest absolute Gasteiger partial charge is 0.489 e. The molecule has 1 N–H and O–H groups in total. The van der Waals surface area contributed by atoms with Crippen molar-refractivity contribution in [3.05, 3.63) is 83.7 Å². The standard InChI is InChI=1S/C25H25FN2O6S/c1-35(30,31)28(21-8-11-23-24(14-21)33-13-12-32-23)16-25(29)27-15-18-4-9-22(10-5-18)34-17-19-2-6-20(26)7-3-19/h2-11,14H,12-13,15-17H2,1H3,(H,27,29). The first kappa shape index (κ1) is 24.3. The number of halogens is 1. The zero-order valence-electron chi connectivity index (χ0n) is 19.1. The van der Waals surface area contributed by atoms with Crippen molar-refractivity contribution in [3.63, 3.8) is 0 Å². The maximum absolute atomic E-state index is 13.0. The molecule has 0 aliphatic carbocycles. The molecule has 8 nitrogen and oxygen atoms in total. The molecule has 0 fully saturated rings. The summed E-state index contributed by atoms with van der Waals surface area (Å²) in [5.41, 5.74) is 1.98. The second-order valence-electron chi connectivity index (χ2n) is 7.93. The fourth-order valence-electron chi connectivity index (χ4n) is 3.42. The lowest BCUT2D eigenvalue weighted by Gasteiger charge is -2.24. The number of rotatable bonds is 9. The Morgan fingerprint density at radius 2 is 1.63 bits per heavy atom. The zero-order valence-corrected chi connectivity index (χ0v) is 19.9. The van der Waals surface area contributed by atoms with Crippen LogP contribution in [0.15, 0.2) is 66.7 Å². The minimum atomic E-state index is -3.72. The molecule has 184 valence electrons. The van der Waals surface area contributed by atoms with Gasteiger partial charge in [-0.25, -0.2) is 12.8 Å². The lowest BCUT2D eigenvalue weighted by molar-refractivity contribution is -0.119. The van der Waals surface area contributed by atoms with E-state index in [1.807, 2.05) is 0 Å². The average molecular weight is 501 g/mol. The Bertz CT molecular complexity index is 1280. The Balaban J connectivity index is 1.32. The van der Waals surface area contributed by atoms with Gasteiger partial charge >= 0.3 is 0 Å². The number of fused-ring (bicyclic) bond motifs is 1. The number of benzene rings is 3. The summed E-state index contributed by atoms with van der Waals surface area (Å²) in [6.07, 6.45) is 1.04. The fraction of sp³-hybridized carbons (Fsp3) is 0.240. The Labute approximate surface area is 203 Å². The van der Waals surface area contributed by atoms with Gasteiger partial charge in [-0.15, -0.1) is 0 Å². The van der Waals surface area contributed by atoms with Crippen LogP contribution in [0.3, 0.4) is 0 Å². The molecule has 0 atom stereocenters. The Morgan fingerprint density at radius 3 is 2.31 bits per heavy atom. The normalized spacial score (nSPS) is 12.6. The van der Waals surface area contributed by atoms with E-state index in [1.165, 1.54) is 12.1 Å². The third kappa shape index (κ3) is 6.63. The van der Waals surface area contributed by atoms with Crippen molar-refractivity contribution in [1.82, 2.24) is 5.32 Å². The zero-order chi connectivity index (χ0) is 24.8. The van der Waals surface area contributed by atoms with Crippen LogP contribution in [-0.4, -0.2) is 40.3 Å². The number of sulfonamides is 1. The Kier molecular flexibility index (Phi) is 7.40. The first-order valence-corrected chi connectivity index (χ1v) is 12.7. The molecule has 0 saturated heterocycles. The number of hydrogen-bond acceptors (Lipinski definition) is 6. The van der Waals surface area contributed by atoms with Gasteiger partial charge in [-0.2, -0.15) is 0 Å². The highest BCUT2D eigenvalue weighted by Crippen LogP contribution is 2.34. The minimum Gasteiger partial charge on any atom is -0.489 e. The van der Waals surface area contributed by atoms with E-state index >= 15 is 0 Å². The van der Waals surface area contributed by atoms with Gasteiger partial charge in [-0.05, 0) is 47.5 Å². The number of hydrogen-bond donors (Lipinski definition) is 1. The van der Waals surface area contributed by atoms with Gasteiger partial charge < -0.3 is 19.5 Å². The summed E-state index contributed by atoms with van der Waals surface area (Å²) < 4.78 is 55.4. The summed E-state index contributed by atoms with van der Waals surface area (Å²) in [5, 5.41) is 2.74. The summed E-state index contributed by atoms with van der Waals surface area (Å²) in [5.74, 6) is 0.840. The molecule has 0 aromatic heterocycles. The number of nitrogens with zero attached hydrogens (tertiary/aromatic N) is 1. The third-order valence-electron chi connectivity index (χ3n) is 5.23. The smallest absolute Gasteiger partial charge is 0.241 e. The van der Waals surface area contributed by atoms with Gasteiger partial charge in [-0.3, -0.25) is 9.10 Å². The number of carbonyl (C=O) groups is 1. The summed E-state index contributed by atoms with van der Waals surface area (Å²) in [6, 6.07) is 18.0. The molecule has 0 unspecified atom stereocenters. The van der Waals surface area contributed by atoms with Crippen LogP contribution in [-0.2, 0) is 28.0 Å². The number of carbonyl (C=O) groups excluding carboxylic acids is 1. The van der Waals surface area contributed by atoms with Gasteiger partial charge in [0.1, 0.15) is 37.9 Å². The van der Waals surface area contributed by atoms with Crippen LogP contribution in [0.1, 0.15) is 11.1 Å². The van der Waals surface area contributed by atoms with E-state index in [2.05, 4.69) is 5.32 Å². The molecular formula is C25H25FN2O6S. The van der Waals surface area contributed by atoms with Crippen LogP contribution < -0.4 is 23.8 Å². The monoisotopic (exact) mass is 500 g/mol. The van der Waals surface area contributed by atoms with Crippen LogP contribution in [0.25, 0.3) is 0 Å². The summed E-state index contributed by atoms with van der Waals surface area (Å²) in [7, 11) is -3.72. The van der Waals surface area contributed by atoms with E-state index in [-0.39, 0.29) is 18.9 Å². The molecule has 1 aliphatic heterocycles. The lowest BCUT2D eigenvalue weighted by atomic mass is 10.2. The third-order valence-corrected chi connectivity index (χ3v) is 6.37. The van der Waals surface area contributed by atoms with Crippen molar-refractivity contribution in [2.75, 3.05) is 30.3 Å². The van der Waals surface area contributed by atoms with Crippen molar-refractivity contribution < 1.29 is 31.8 Å². The minimum absolute atomic E-state index is 0.218. The molecule has 0 saturated carbocycles. The van der Waals surface area contributed by atoms with E-state index in [0.717, 1.165) is 21.7 Å². The van der Waals surface area contributed by atoms with Gasteiger partial charge in [0.2, 0.25) is 15.9 Å². The molecule has 1 amide bonds. The maximum atomic E-state index is 13.0. The van der Waals surface area contributed by atoms with Crippen LogP contribution in [0, 0.1) is 5.82 Å². The van der Waals surface area contributed by atoms with Crippen molar-refractivity contribution in [1.29, 1.82) is 0 Å². The van der Waals surface area contributed by atoms with Gasteiger partial charge in [0.25, 0.3) is 0 Å². The lowest BCUT2D eigenvalue weighted by Crippen LogP contribution is -2.40. The summed E-state index contributed by atoms with van der Waals surface area (Å²) in [6.45, 7) is 0.933. The molecule has 1 heterocycles. The van der Waals surface area contributed by atoms with Gasteiger partial charge in [-0.1, -0.05) is 24.3 Å². The van der Waals surface area contributed by atoms with Crippen LogP contribution in [0.4, 0.5) is 10.1 Å². The molecule has 3 aromatic carbocycles. The first-order chi connectivity index (χ1) is 16.8. The molecular weight excluding hydrogens is 475 g/mol. The molecule has 35 heavy (non-hydrogen) atoms. The number of anilines is 1. The molecule has 3 aromatic rings. The predicted molar refractivity (Wildman–Crippen MR) is 129 cm³/mol. The highest BCUT2D eigenvalue weighted by Gasteiger charge is 2.23. The van der Waals surface area contributed by atoms with Gasteiger partial charge in [0.15, 0.2) is 11.5 Å². The second-order valence-corrected chi connectivity index (χ2v) is 9.84. The molecule has 0 spiro atoms. The maximum Gasteiger partial charge on any atom is 0.241 e. The van der Waals surface area contributed by atoms with E-state index < -0.39 is 15.9 Å². The van der Waals surface area contributed by atoms with Gasteiger partial charge in [0, 0.05) is 12.6 Å². The summed E-state index contributed by atoms with van der Waals surface area (Å²) >= 11 is 0. The quantitative estimate of drug-likeness (QED) is 0.485. The average Bonchev–Trinajstić information content (AvgIpc) is 2.85. The van der Waals surface area contributed by atoms with Crippen molar-refractivity contribution in [3.8, 4) is 17.2 Å².